The van der Waals surface area contributed by atoms with Crippen LogP contribution in [0.25, 0.3) is 83.6 Å². The summed E-state index contributed by atoms with van der Waals surface area (Å²) >= 11 is 0. The smallest absolute Gasteiger partial charge is 0.121 e. The van der Waals surface area contributed by atoms with Gasteiger partial charge in [-0.15, -0.1) is 48.0 Å². The molecule has 4 nitrogen and oxygen atoms in total. The molecule has 10 aromatic rings. The molecule has 0 aliphatic carbocycles. The molecule has 321 valence electrons. The van der Waals surface area contributed by atoms with Gasteiger partial charge in [-0.25, -0.2) is 0 Å². The summed E-state index contributed by atoms with van der Waals surface area (Å²) in [5.41, 5.74) is 13.5. The van der Waals surface area contributed by atoms with E-state index >= 15 is 0 Å². The molecule has 0 aliphatic heterocycles. The third-order valence-corrected chi connectivity index (χ3v) is 11.5. The number of hydrogen-bond donors (Lipinski definition) is 0. The van der Waals surface area contributed by atoms with Crippen LogP contribution in [0.15, 0.2) is 168 Å². The molecule has 0 spiro atoms. The van der Waals surface area contributed by atoms with Gasteiger partial charge in [-0.3, -0.25) is 9.37 Å². The maximum atomic E-state index is 12.8. The van der Waals surface area contributed by atoms with Crippen LogP contribution in [0.5, 0.6) is 0 Å². The largest absolute Gasteiger partial charge is 0.501 e. The van der Waals surface area contributed by atoms with Crippen LogP contribution in [-0.2, 0) is 25.5 Å². The normalized spacial score (nSPS) is 12.4. The molecule has 0 amide bonds. The van der Waals surface area contributed by atoms with Gasteiger partial charge in [0.2, 0.25) is 0 Å². The summed E-state index contributed by atoms with van der Waals surface area (Å²) in [6.07, 6.45) is 1.78. The molecule has 10 rings (SSSR count). The van der Waals surface area contributed by atoms with Gasteiger partial charge >= 0.3 is 0 Å². The van der Waals surface area contributed by atoms with Crippen LogP contribution >= 0.6 is 0 Å². The maximum absolute atomic E-state index is 12.8. The number of para-hydroxylation sites is 2. The molecule has 6 heteroatoms. The first kappa shape index (κ1) is 41.5. The minimum absolute atomic E-state index is 0. The molecule has 0 atom stereocenters. The van der Waals surface area contributed by atoms with Crippen LogP contribution in [0.2, 0.25) is 0 Å². The number of rotatable bonds is 7. The van der Waals surface area contributed by atoms with Gasteiger partial charge in [0.15, 0.2) is 0 Å². The average molecular weight is 1020 g/mol. The number of fused-ring (bicyclic) bond motifs is 4. The van der Waals surface area contributed by atoms with Crippen LogP contribution < -0.4 is 0 Å². The summed E-state index contributed by atoms with van der Waals surface area (Å²) in [5, 5.41) is 2.01. The van der Waals surface area contributed by atoms with E-state index < -0.39 is 11.8 Å². The minimum atomic E-state index is -0.994. The van der Waals surface area contributed by atoms with Gasteiger partial charge in [0, 0.05) is 45.9 Å². The maximum Gasteiger partial charge on any atom is 0.121 e. The summed E-state index contributed by atoms with van der Waals surface area (Å²) in [4.78, 5) is 9.52. The van der Waals surface area contributed by atoms with Crippen molar-refractivity contribution in [2.75, 3.05) is 0 Å². The number of halogens is 1. The topological polar surface area (TPSA) is 43.9 Å². The molecule has 3 heterocycles. The molecule has 0 saturated heterocycles. The second-order valence-corrected chi connectivity index (χ2v) is 17.4. The van der Waals surface area contributed by atoms with Gasteiger partial charge in [0.25, 0.3) is 0 Å². The quantitative estimate of drug-likeness (QED) is 0.149. The number of hydrogen-bond acceptors (Lipinski definition) is 3. The van der Waals surface area contributed by atoms with Crippen LogP contribution in [0.1, 0.15) is 79.7 Å². The van der Waals surface area contributed by atoms with Crippen molar-refractivity contribution in [1.82, 2.24) is 14.5 Å². The van der Waals surface area contributed by atoms with Crippen LogP contribution in [0, 0.1) is 17.9 Å². The van der Waals surface area contributed by atoms with Crippen molar-refractivity contribution in [2.24, 2.45) is 0 Å². The Morgan fingerprint density at radius 2 is 1.33 bits per heavy atom. The van der Waals surface area contributed by atoms with Crippen LogP contribution in [-0.4, -0.2) is 14.5 Å². The number of benzene rings is 7. The zero-order chi connectivity index (χ0) is 45.7. The first-order chi connectivity index (χ1) is 31.0. The fraction of sp³-hybridized carbons (Fsp3) is 0.172. The number of furan rings is 1. The third-order valence-electron chi connectivity index (χ3n) is 11.5. The second kappa shape index (κ2) is 18.3. The predicted molar refractivity (Wildman–Crippen MR) is 259 cm³/mol. The summed E-state index contributed by atoms with van der Waals surface area (Å²) in [5.74, 6) is -1.61. The molecule has 0 saturated carbocycles. The van der Waals surface area contributed by atoms with Gasteiger partial charge in [0.1, 0.15) is 5.58 Å². The monoisotopic (exact) mass is 1020 g/mol. The first-order valence-corrected chi connectivity index (χ1v) is 21.3. The van der Waals surface area contributed by atoms with Crippen molar-refractivity contribution in [3.05, 3.63) is 199 Å². The van der Waals surface area contributed by atoms with Crippen LogP contribution in [0.4, 0.5) is 4.39 Å². The van der Waals surface area contributed by atoms with Crippen molar-refractivity contribution in [3.8, 4) is 50.6 Å². The fourth-order valence-corrected chi connectivity index (χ4v) is 8.18. The Morgan fingerprint density at radius 1 is 0.672 bits per heavy atom. The molecule has 7 aromatic carbocycles. The van der Waals surface area contributed by atoms with Crippen molar-refractivity contribution >= 4 is 33.0 Å². The first-order valence-electron chi connectivity index (χ1n) is 22.3. The van der Waals surface area contributed by atoms with Crippen molar-refractivity contribution in [1.29, 1.82) is 0 Å². The minimum Gasteiger partial charge on any atom is -0.501 e. The van der Waals surface area contributed by atoms with Gasteiger partial charge in [-0.2, -0.15) is 0 Å². The van der Waals surface area contributed by atoms with Gasteiger partial charge < -0.3 is 14.0 Å². The molecule has 3 aromatic heterocycles. The Kier molecular flexibility index (Phi) is 11.9. The summed E-state index contributed by atoms with van der Waals surface area (Å²) < 4.78 is 40.5. The van der Waals surface area contributed by atoms with Crippen molar-refractivity contribution < 1.29 is 31.7 Å². The molecule has 0 N–H and O–H groups in total. The molecular weight excluding hydrogens is 966 g/mol. The number of imidazole rings is 1. The Balaban J connectivity index is 0.000000278. The van der Waals surface area contributed by atoms with E-state index in [0.29, 0.717) is 11.4 Å². The van der Waals surface area contributed by atoms with E-state index in [2.05, 4.69) is 103 Å². The standard InChI is InChI=1S/C43H35N2O.C15H15FN.Ir/c1-27(2)36-24-32(30-16-9-6-10-17-30)25-37(28(3)4)41(36)45-39-21-12-11-20-38(39)44-43(45)35-19-13-18-34-33-23-22-31(26-40(33)46-42(34)35)29-14-7-5-8-15-29;1-15(2,3)12-8-9-17-14(10-12)11-4-6-13(16)7-5-11;/h5-18,20-28H,1-4H3;4,6-10H,1-3H3;/q2*-1;/i27D,28D;;. The van der Waals surface area contributed by atoms with Gasteiger partial charge in [-0.05, 0) is 98.2 Å². The number of pyridine rings is 1. The Hall–Kier alpha value is -6.46. The van der Waals surface area contributed by atoms with E-state index in [4.69, 9.17) is 9.40 Å². The van der Waals surface area contributed by atoms with E-state index in [1.54, 1.807) is 12.3 Å². The second-order valence-electron chi connectivity index (χ2n) is 17.4. The average Bonchev–Trinajstić information content (AvgIpc) is 3.87. The molecule has 0 aliphatic rings. The van der Waals surface area contributed by atoms with Gasteiger partial charge in [-0.1, -0.05) is 150 Å². The summed E-state index contributed by atoms with van der Waals surface area (Å²) in [6, 6.07) is 58.0. The van der Waals surface area contributed by atoms with E-state index in [1.807, 2.05) is 107 Å². The third kappa shape index (κ3) is 8.73. The zero-order valence-corrected chi connectivity index (χ0v) is 39.4. The fourth-order valence-electron chi connectivity index (χ4n) is 8.18. The molecular formula is C58H50FIrN3O-2. The molecule has 0 bridgehead atoms. The van der Waals surface area contributed by atoms with E-state index in [1.165, 1.54) is 17.7 Å². The molecule has 0 fully saturated rings. The zero-order valence-electron chi connectivity index (χ0n) is 39.0. The van der Waals surface area contributed by atoms with Crippen LogP contribution in [0.3, 0.4) is 0 Å². The summed E-state index contributed by atoms with van der Waals surface area (Å²) in [7, 11) is 0. The van der Waals surface area contributed by atoms with E-state index in [9.17, 15) is 7.13 Å². The summed E-state index contributed by atoms with van der Waals surface area (Å²) in [6.45, 7) is 14.1. The Morgan fingerprint density at radius 3 is 1.97 bits per heavy atom. The molecule has 0 unspecified atom stereocenters. The van der Waals surface area contributed by atoms with E-state index in [0.717, 1.165) is 83.3 Å². The Labute approximate surface area is 392 Å². The molecule has 1 radical (unpaired) electrons. The molecule has 64 heavy (non-hydrogen) atoms. The SMILES string of the molecule is CC(C)(C)c1ccnc(-c2[c-]cc(F)cc2)c1.[2H]C(C)(C)c1cc(-c2ccccc2)cc(C([2H])(C)C)c1-n1c(-c2[c-]ccc3c2oc2cc(-c4ccccc4)ccc23)nc2ccccc21.[Ir]. The van der Waals surface area contributed by atoms with Gasteiger partial charge in [0.05, 0.1) is 22.4 Å². The van der Waals surface area contributed by atoms with Crippen molar-refractivity contribution in [2.45, 2.75) is 65.7 Å². The number of aromatic nitrogens is 3. The van der Waals surface area contributed by atoms with E-state index in [-0.39, 0.29) is 31.3 Å². The Bertz CT molecular complexity index is 3290. The van der Waals surface area contributed by atoms with Crippen molar-refractivity contribution in [3.63, 3.8) is 0 Å². The predicted octanol–water partition coefficient (Wildman–Crippen LogP) is 16.0. The number of nitrogens with zero attached hydrogens (tertiary/aromatic N) is 3.